The van der Waals surface area contributed by atoms with Crippen LogP contribution in [0.3, 0.4) is 0 Å². The summed E-state index contributed by atoms with van der Waals surface area (Å²) < 4.78 is 12.4. The molecule has 20 heavy (non-hydrogen) atoms. The number of benzene rings is 1. The number of ether oxygens (including phenoxy) is 1. The van der Waals surface area contributed by atoms with Crippen LogP contribution in [0.5, 0.6) is 5.75 Å². The number of rotatable bonds is 4. The summed E-state index contributed by atoms with van der Waals surface area (Å²) in [5.41, 5.74) is 7.59. The van der Waals surface area contributed by atoms with Gasteiger partial charge in [0.05, 0.1) is 18.6 Å². The minimum absolute atomic E-state index is 0.556. The highest BCUT2D eigenvalue weighted by atomic mass is 16.5. The van der Waals surface area contributed by atoms with E-state index >= 15 is 0 Å². The minimum atomic E-state index is 0.556. The third kappa shape index (κ3) is 2.25. The van der Waals surface area contributed by atoms with E-state index in [2.05, 4.69) is 5.10 Å². The predicted molar refractivity (Wildman–Crippen MR) is 76.8 cm³/mol. The molecule has 5 heteroatoms. The van der Waals surface area contributed by atoms with E-state index in [1.165, 1.54) is 0 Å². The van der Waals surface area contributed by atoms with E-state index in [0.29, 0.717) is 23.9 Å². The molecule has 0 fully saturated rings. The fraction of sp³-hybridized carbons (Fsp3) is 0.133. The van der Waals surface area contributed by atoms with Crippen molar-refractivity contribution in [2.45, 2.75) is 6.92 Å². The van der Waals surface area contributed by atoms with Crippen molar-refractivity contribution >= 4 is 5.82 Å². The molecule has 0 saturated carbocycles. The summed E-state index contributed by atoms with van der Waals surface area (Å²) in [7, 11) is 0. The molecular weight excluding hydrogens is 254 g/mol. The van der Waals surface area contributed by atoms with Gasteiger partial charge in [-0.3, -0.25) is 0 Å². The lowest BCUT2D eigenvalue weighted by Gasteiger charge is -2.06. The number of furan rings is 1. The van der Waals surface area contributed by atoms with E-state index in [4.69, 9.17) is 14.9 Å². The Labute approximate surface area is 116 Å². The van der Waals surface area contributed by atoms with E-state index in [1.54, 1.807) is 17.0 Å². The number of hydrogen-bond acceptors (Lipinski definition) is 4. The molecule has 0 bridgehead atoms. The molecule has 0 radical (unpaired) electrons. The topological polar surface area (TPSA) is 66.2 Å². The van der Waals surface area contributed by atoms with Crippen LogP contribution in [0.4, 0.5) is 5.82 Å². The number of anilines is 1. The zero-order valence-corrected chi connectivity index (χ0v) is 11.1. The summed E-state index contributed by atoms with van der Waals surface area (Å²) in [5.74, 6) is 2.08. The van der Waals surface area contributed by atoms with Crippen LogP contribution >= 0.6 is 0 Å². The van der Waals surface area contributed by atoms with Crippen molar-refractivity contribution in [3.8, 4) is 22.9 Å². The second kappa shape index (κ2) is 5.13. The van der Waals surface area contributed by atoms with E-state index in [9.17, 15) is 0 Å². The van der Waals surface area contributed by atoms with Gasteiger partial charge >= 0.3 is 0 Å². The van der Waals surface area contributed by atoms with Gasteiger partial charge in [0.2, 0.25) is 0 Å². The van der Waals surface area contributed by atoms with Gasteiger partial charge in [-0.2, -0.15) is 5.10 Å². The Bertz CT molecular complexity index is 684. The molecule has 2 heterocycles. The van der Waals surface area contributed by atoms with Crippen LogP contribution < -0.4 is 10.5 Å². The van der Waals surface area contributed by atoms with Gasteiger partial charge in [0.15, 0.2) is 5.76 Å². The van der Waals surface area contributed by atoms with Gasteiger partial charge < -0.3 is 14.9 Å². The van der Waals surface area contributed by atoms with Crippen molar-refractivity contribution in [1.29, 1.82) is 0 Å². The van der Waals surface area contributed by atoms with Crippen LogP contribution in [0.2, 0.25) is 0 Å². The third-order valence-electron chi connectivity index (χ3n) is 2.90. The summed E-state index contributed by atoms with van der Waals surface area (Å²) in [6.07, 6.45) is 1.61. The number of nitrogens with two attached hydrogens (primary N) is 1. The Kier molecular flexibility index (Phi) is 3.16. The SMILES string of the molecule is CCOc1ccc(-n2nc(-c3ccco3)cc2N)cc1. The molecule has 0 saturated heterocycles. The van der Waals surface area contributed by atoms with E-state index in [0.717, 1.165) is 11.4 Å². The monoisotopic (exact) mass is 269 g/mol. The molecule has 0 aliphatic heterocycles. The number of nitrogens with zero attached hydrogens (tertiary/aromatic N) is 2. The molecule has 0 aliphatic carbocycles. The fourth-order valence-electron chi connectivity index (χ4n) is 2.00. The minimum Gasteiger partial charge on any atom is -0.494 e. The van der Waals surface area contributed by atoms with Crippen LogP contribution in [0, 0.1) is 0 Å². The van der Waals surface area contributed by atoms with Crippen molar-refractivity contribution < 1.29 is 9.15 Å². The normalized spacial score (nSPS) is 10.7. The molecule has 0 spiro atoms. The Balaban J connectivity index is 1.94. The smallest absolute Gasteiger partial charge is 0.154 e. The molecule has 102 valence electrons. The van der Waals surface area contributed by atoms with Gasteiger partial charge in [0.25, 0.3) is 0 Å². The van der Waals surface area contributed by atoms with Crippen molar-refractivity contribution in [2.75, 3.05) is 12.3 Å². The Morgan fingerprint density at radius 1 is 1.25 bits per heavy atom. The van der Waals surface area contributed by atoms with Gasteiger partial charge in [-0.25, -0.2) is 4.68 Å². The number of hydrogen-bond donors (Lipinski definition) is 1. The molecule has 2 aromatic heterocycles. The van der Waals surface area contributed by atoms with E-state index < -0.39 is 0 Å². The largest absolute Gasteiger partial charge is 0.494 e. The number of aromatic nitrogens is 2. The first kappa shape index (κ1) is 12.3. The number of nitrogen functional groups attached to an aromatic ring is 1. The Morgan fingerprint density at radius 3 is 2.70 bits per heavy atom. The summed E-state index contributed by atoms with van der Waals surface area (Å²) in [5, 5.41) is 4.46. The first-order valence-corrected chi connectivity index (χ1v) is 6.40. The molecule has 0 atom stereocenters. The van der Waals surface area contributed by atoms with E-state index in [-0.39, 0.29) is 0 Å². The van der Waals surface area contributed by atoms with Crippen LogP contribution in [0.1, 0.15) is 6.92 Å². The van der Waals surface area contributed by atoms with Gasteiger partial charge in [0.1, 0.15) is 17.3 Å². The van der Waals surface area contributed by atoms with Crippen molar-refractivity contribution in [2.24, 2.45) is 0 Å². The molecule has 3 rings (SSSR count). The Morgan fingerprint density at radius 2 is 2.05 bits per heavy atom. The summed E-state index contributed by atoms with van der Waals surface area (Å²) in [6.45, 7) is 2.60. The molecule has 0 unspecified atom stereocenters. The molecule has 0 aliphatic rings. The second-order valence-electron chi connectivity index (χ2n) is 4.27. The first-order valence-electron chi connectivity index (χ1n) is 6.40. The maximum atomic E-state index is 6.00. The summed E-state index contributed by atoms with van der Waals surface area (Å²) >= 11 is 0. The Hall–Kier alpha value is -2.69. The zero-order chi connectivity index (χ0) is 13.9. The van der Waals surface area contributed by atoms with Gasteiger partial charge in [0, 0.05) is 6.07 Å². The summed E-state index contributed by atoms with van der Waals surface area (Å²) in [4.78, 5) is 0. The lowest BCUT2D eigenvalue weighted by Crippen LogP contribution is -2.01. The van der Waals surface area contributed by atoms with Gasteiger partial charge in [-0.1, -0.05) is 0 Å². The molecule has 0 amide bonds. The standard InChI is InChI=1S/C15H15N3O2/c1-2-19-12-7-5-11(6-8-12)18-15(16)10-13(17-18)14-4-3-9-20-14/h3-10H,2,16H2,1H3. The summed E-state index contributed by atoms with van der Waals surface area (Å²) in [6, 6.07) is 13.1. The maximum absolute atomic E-state index is 6.00. The highest BCUT2D eigenvalue weighted by Crippen LogP contribution is 2.24. The van der Waals surface area contributed by atoms with Crippen molar-refractivity contribution in [3.05, 3.63) is 48.7 Å². The molecule has 3 aromatic rings. The van der Waals surface area contributed by atoms with Crippen molar-refractivity contribution in [1.82, 2.24) is 9.78 Å². The molecular formula is C15H15N3O2. The zero-order valence-electron chi connectivity index (χ0n) is 11.1. The molecule has 2 N–H and O–H groups in total. The first-order chi connectivity index (χ1) is 9.78. The second-order valence-corrected chi connectivity index (χ2v) is 4.27. The maximum Gasteiger partial charge on any atom is 0.154 e. The van der Waals surface area contributed by atoms with Crippen LogP contribution in [-0.4, -0.2) is 16.4 Å². The van der Waals surface area contributed by atoms with Crippen molar-refractivity contribution in [3.63, 3.8) is 0 Å². The van der Waals surface area contributed by atoms with E-state index in [1.807, 2.05) is 43.3 Å². The van der Waals surface area contributed by atoms with Gasteiger partial charge in [-0.15, -0.1) is 0 Å². The third-order valence-corrected chi connectivity index (χ3v) is 2.90. The average molecular weight is 269 g/mol. The highest BCUT2D eigenvalue weighted by Gasteiger charge is 2.10. The molecule has 1 aromatic carbocycles. The molecule has 5 nitrogen and oxygen atoms in total. The van der Waals surface area contributed by atoms with Crippen LogP contribution in [0.25, 0.3) is 17.1 Å². The van der Waals surface area contributed by atoms with Gasteiger partial charge in [-0.05, 0) is 43.3 Å². The van der Waals surface area contributed by atoms with Crippen LogP contribution in [-0.2, 0) is 0 Å². The highest BCUT2D eigenvalue weighted by molar-refractivity contribution is 5.58. The predicted octanol–water partition coefficient (Wildman–Crippen LogP) is 3.11. The fourth-order valence-corrected chi connectivity index (χ4v) is 2.00. The van der Waals surface area contributed by atoms with Crippen LogP contribution in [0.15, 0.2) is 53.1 Å². The quantitative estimate of drug-likeness (QED) is 0.790. The average Bonchev–Trinajstić information content (AvgIpc) is 3.09. The lowest BCUT2D eigenvalue weighted by molar-refractivity contribution is 0.340. The lowest BCUT2D eigenvalue weighted by atomic mass is 10.3.